The highest BCUT2D eigenvalue weighted by Crippen LogP contribution is 2.46. The molecule has 3 rings (SSSR count). The first-order valence-electron chi connectivity index (χ1n) is 9.86. The van der Waals surface area contributed by atoms with Crippen molar-refractivity contribution in [2.45, 2.75) is 46.0 Å². The molecule has 0 spiro atoms. The molecule has 154 valence electrons. The number of anilines is 1. The van der Waals surface area contributed by atoms with Crippen LogP contribution in [0.25, 0.3) is 0 Å². The lowest BCUT2D eigenvalue weighted by molar-refractivity contribution is -0.146. The Kier molecular flexibility index (Phi) is 5.64. The molecule has 1 aliphatic rings. The summed E-state index contributed by atoms with van der Waals surface area (Å²) in [6.07, 6.45) is 2.39. The highest BCUT2D eigenvalue weighted by Gasteiger charge is 2.38. The number of ether oxygens (including phenoxy) is 1. The van der Waals surface area contributed by atoms with Crippen LogP contribution < -0.4 is 4.90 Å². The Morgan fingerprint density at radius 2 is 1.86 bits per heavy atom. The average molecular weight is 396 g/mol. The molecule has 0 bridgehead atoms. The quantitative estimate of drug-likeness (QED) is 0.554. The number of para-hydroxylation sites is 1. The number of carbonyl (C=O) groups excluding carboxylic acids is 2. The summed E-state index contributed by atoms with van der Waals surface area (Å²) < 4.78 is 7.03. The molecule has 0 fully saturated rings. The van der Waals surface area contributed by atoms with E-state index in [9.17, 15) is 9.59 Å². The number of aryl methyl sites for hydroxylation is 2. The number of likely N-dealkylation sites (N-methyl/N-ethyl adjacent to an activating group) is 1. The molecule has 0 radical (unpaired) electrons. The first kappa shape index (κ1) is 20.8. The van der Waals surface area contributed by atoms with Crippen molar-refractivity contribution < 1.29 is 14.3 Å². The molecule has 29 heavy (non-hydrogen) atoms. The molecule has 0 N–H and O–H groups in total. The Morgan fingerprint density at radius 3 is 2.48 bits per heavy atom. The zero-order chi connectivity index (χ0) is 21.3. The van der Waals surface area contributed by atoms with Gasteiger partial charge >= 0.3 is 5.97 Å². The van der Waals surface area contributed by atoms with E-state index < -0.39 is 0 Å². The number of ketones is 1. The highest BCUT2D eigenvalue weighted by molar-refractivity contribution is 5.94. The van der Waals surface area contributed by atoms with Gasteiger partial charge in [-0.1, -0.05) is 32.0 Å². The van der Waals surface area contributed by atoms with Crippen LogP contribution in [0.4, 0.5) is 5.69 Å². The second-order valence-corrected chi connectivity index (χ2v) is 8.13. The third-order valence-electron chi connectivity index (χ3n) is 5.85. The molecule has 0 saturated heterocycles. The number of aromatic nitrogens is 2. The van der Waals surface area contributed by atoms with Gasteiger partial charge in [0.15, 0.2) is 12.4 Å². The minimum atomic E-state index is -0.373. The maximum atomic E-state index is 12.5. The van der Waals surface area contributed by atoms with Crippen molar-refractivity contribution in [3.8, 4) is 0 Å². The lowest BCUT2D eigenvalue weighted by atomic mass is 9.83. The minimum Gasteiger partial charge on any atom is -0.457 e. The van der Waals surface area contributed by atoms with E-state index in [-0.39, 0.29) is 30.2 Å². The van der Waals surface area contributed by atoms with Crippen LogP contribution in [0.1, 0.15) is 42.8 Å². The van der Waals surface area contributed by atoms with Gasteiger partial charge in [0.2, 0.25) is 0 Å². The maximum Gasteiger partial charge on any atom is 0.306 e. The van der Waals surface area contributed by atoms with E-state index in [0.29, 0.717) is 6.42 Å². The first-order chi connectivity index (χ1) is 13.6. The number of carbonyl (C=O) groups is 2. The molecule has 2 aromatic rings. The van der Waals surface area contributed by atoms with Crippen LogP contribution in [0, 0.1) is 13.8 Å². The Balaban J connectivity index is 1.59. The van der Waals surface area contributed by atoms with E-state index in [0.717, 1.165) is 28.3 Å². The summed E-state index contributed by atoms with van der Waals surface area (Å²) >= 11 is 0. The molecule has 1 aliphatic heterocycles. The van der Waals surface area contributed by atoms with Crippen molar-refractivity contribution in [3.63, 3.8) is 0 Å². The number of hydrogen-bond acceptors (Lipinski definition) is 5. The number of nitrogens with zero attached hydrogens (tertiary/aromatic N) is 3. The van der Waals surface area contributed by atoms with Gasteiger partial charge in [0.1, 0.15) is 0 Å². The van der Waals surface area contributed by atoms with Crippen molar-refractivity contribution >= 4 is 17.4 Å². The fraction of sp³-hybridized carbons (Fsp3) is 0.435. The van der Waals surface area contributed by atoms with Crippen molar-refractivity contribution in [2.75, 3.05) is 18.6 Å². The van der Waals surface area contributed by atoms with Gasteiger partial charge < -0.3 is 9.64 Å². The topological polar surface area (TPSA) is 64.4 Å². The zero-order valence-corrected chi connectivity index (χ0v) is 18.1. The largest absolute Gasteiger partial charge is 0.457 e. The fourth-order valence-electron chi connectivity index (χ4n) is 4.08. The van der Waals surface area contributed by atoms with Crippen molar-refractivity contribution in [2.24, 2.45) is 7.05 Å². The monoisotopic (exact) mass is 395 g/mol. The molecule has 1 aromatic heterocycles. The smallest absolute Gasteiger partial charge is 0.306 e. The molecule has 0 saturated carbocycles. The Labute approximate surface area is 172 Å². The van der Waals surface area contributed by atoms with Gasteiger partial charge in [0, 0.05) is 49.1 Å². The number of esters is 1. The molecule has 0 atom stereocenters. The Morgan fingerprint density at radius 1 is 1.17 bits per heavy atom. The van der Waals surface area contributed by atoms with Crippen molar-refractivity contribution in [1.29, 1.82) is 0 Å². The molecular formula is C23H29N3O3. The van der Waals surface area contributed by atoms with Crippen LogP contribution in [0.3, 0.4) is 0 Å². The number of benzene rings is 1. The molecule has 0 aliphatic carbocycles. The summed E-state index contributed by atoms with van der Waals surface area (Å²) in [5, 5.41) is 4.36. The van der Waals surface area contributed by atoms with Crippen LogP contribution in [0.2, 0.25) is 0 Å². The van der Waals surface area contributed by atoms with Gasteiger partial charge in [-0.25, -0.2) is 0 Å². The highest BCUT2D eigenvalue weighted by atomic mass is 16.5. The molecule has 2 heterocycles. The summed E-state index contributed by atoms with van der Waals surface area (Å²) in [7, 11) is 3.84. The van der Waals surface area contributed by atoms with Crippen LogP contribution in [0.5, 0.6) is 0 Å². The predicted octanol–water partition coefficient (Wildman–Crippen LogP) is 3.39. The van der Waals surface area contributed by atoms with E-state index in [2.05, 4.69) is 25.0 Å². The Hall–Kier alpha value is -2.89. The summed E-state index contributed by atoms with van der Waals surface area (Å²) in [6, 6.07) is 8.13. The lowest BCUT2D eigenvalue weighted by Gasteiger charge is -2.23. The predicted molar refractivity (Wildman–Crippen MR) is 113 cm³/mol. The molecule has 1 aromatic carbocycles. The average Bonchev–Trinajstić information content (AvgIpc) is 3.03. The number of fused-ring (bicyclic) bond motifs is 1. The molecule has 6 nitrogen and oxygen atoms in total. The number of allylic oxidation sites excluding steroid dienone is 1. The van der Waals surface area contributed by atoms with Crippen LogP contribution in [-0.2, 0) is 33.2 Å². The first-order valence-corrected chi connectivity index (χ1v) is 9.86. The summed E-state index contributed by atoms with van der Waals surface area (Å²) in [5.74, 6) is -0.587. The third-order valence-corrected chi connectivity index (χ3v) is 5.85. The van der Waals surface area contributed by atoms with Crippen molar-refractivity contribution in [1.82, 2.24) is 9.78 Å². The summed E-state index contributed by atoms with van der Waals surface area (Å²) in [4.78, 5) is 26.6. The maximum absolute atomic E-state index is 12.5. The third kappa shape index (κ3) is 3.97. The minimum absolute atomic E-state index is 0.213. The zero-order valence-electron chi connectivity index (χ0n) is 18.1. The van der Waals surface area contributed by atoms with E-state index in [1.54, 1.807) is 6.08 Å². The molecule has 0 unspecified atom stereocenters. The number of hydrogen-bond donors (Lipinski definition) is 0. The van der Waals surface area contributed by atoms with Gasteiger partial charge in [-0.3, -0.25) is 14.3 Å². The van der Waals surface area contributed by atoms with Gasteiger partial charge in [0.05, 0.1) is 5.69 Å². The standard InChI is InChI=1S/C23H29N3O3/c1-15-18(16(2)26(6)24-15)11-12-22(28)29-14-17(27)13-21-23(3,4)19-9-7-8-10-20(19)25(21)5/h7-10,13H,11-12,14H2,1-6H3/b21-13-. The van der Waals surface area contributed by atoms with E-state index in [1.807, 2.05) is 55.7 Å². The summed E-state index contributed by atoms with van der Waals surface area (Å²) in [6.45, 7) is 7.86. The van der Waals surface area contributed by atoms with Gasteiger partial charge in [-0.05, 0) is 37.5 Å². The SMILES string of the molecule is Cc1nn(C)c(C)c1CCC(=O)OCC(=O)/C=C1\N(C)c2ccccc2C1(C)C. The van der Waals surface area contributed by atoms with Crippen LogP contribution in [0.15, 0.2) is 36.0 Å². The van der Waals surface area contributed by atoms with E-state index in [1.165, 1.54) is 5.56 Å². The van der Waals surface area contributed by atoms with Gasteiger partial charge in [0.25, 0.3) is 0 Å². The number of rotatable bonds is 6. The molecular weight excluding hydrogens is 366 g/mol. The van der Waals surface area contributed by atoms with Gasteiger partial charge in [-0.2, -0.15) is 5.10 Å². The lowest BCUT2D eigenvalue weighted by Crippen LogP contribution is -2.25. The second-order valence-electron chi connectivity index (χ2n) is 8.13. The van der Waals surface area contributed by atoms with Gasteiger partial charge in [-0.15, -0.1) is 0 Å². The molecule has 6 heteroatoms. The Bertz CT molecular complexity index is 985. The van der Waals surface area contributed by atoms with E-state index in [4.69, 9.17) is 4.74 Å². The van der Waals surface area contributed by atoms with Crippen molar-refractivity contribution in [3.05, 3.63) is 58.6 Å². The second kappa shape index (κ2) is 7.85. The fourth-order valence-corrected chi connectivity index (χ4v) is 4.08. The van der Waals surface area contributed by atoms with E-state index >= 15 is 0 Å². The normalized spacial score (nSPS) is 16.2. The van der Waals surface area contributed by atoms with Crippen LogP contribution >= 0.6 is 0 Å². The molecule has 0 amide bonds. The summed E-state index contributed by atoms with van der Waals surface area (Å²) in [5.41, 5.74) is 5.93. The van der Waals surface area contributed by atoms with Crippen LogP contribution in [-0.4, -0.2) is 35.2 Å².